The number of hydrogen-bond donors (Lipinski definition) is 5. The molecular weight excluding hydrogens is 430 g/mol. The van der Waals surface area contributed by atoms with E-state index in [1.165, 1.54) is 0 Å². The van der Waals surface area contributed by atoms with E-state index < -0.39 is 68.8 Å². The molecule has 9 nitrogen and oxygen atoms in total. The van der Waals surface area contributed by atoms with Crippen LogP contribution in [0.2, 0.25) is 5.02 Å². The zero-order valence-corrected chi connectivity index (χ0v) is 17.1. The average molecular weight is 448 g/mol. The number of hydrogen-bond acceptors (Lipinski definition) is 7. The fraction of sp³-hybridized carbons (Fsp3) is 0.238. The number of ketones is 2. The van der Waals surface area contributed by atoms with Crippen molar-refractivity contribution in [1.82, 2.24) is 5.32 Å². The molecule has 5 N–H and O–H groups in total. The van der Waals surface area contributed by atoms with Crippen molar-refractivity contribution in [2.24, 2.45) is 5.92 Å². The average Bonchev–Trinajstić information content (AvgIpc) is 2.72. The van der Waals surface area contributed by atoms with E-state index in [0.717, 1.165) is 18.2 Å². The maximum Gasteiger partial charge on any atom is 0.326 e. The van der Waals surface area contributed by atoms with Crippen molar-refractivity contribution in [3.05, 3.63) is 51.0 Å². The second-order valence-corrected chi connectivity index (χ2v) is 7.61. The number of halogens is 1. The fourth-order valence-corrected chi connectivity index (χ4v) is 3.54. The molecule has 162 valence electrons. The number of benzene rings is 2. The maximum absolute atomic E-state index is 12.9. The van der Waals surface area contributed by atoms with Crippen LogP contribution in [-0.4, -0.2) is 49.9 Å². The van der Waals surface area contributed by atoms with E-state index in [9.17, 15) is 39.6 Å². The SMILES string of the molecule is CC[C@H](C)[C@H](NC(=O)c1cc(O)c2c(c1)C(=O)c1cc(O)c(Cl)c(O)c1C2=O)C(=O)O. The summed E-state index contributed by atoms with van der Waals surface area (Å²) in [6.45, 7) is 3.41. The van der Waals surface area contributed by atoms with Crippen LogP contribution in [0.5, 0.6) is 17.2 Å². The predicted molar refractivity (Wildman–Crippen MR) is 108 cm³/mol. The molecule has 0 fully saturated rings. The molecule has 2 aromatic carbocycles. The topological polar surface area (TPSA) is 161 Å². The van der Waals surface area contributed by atoms with Gasteiger partial charge in [-0.1, -0.05) is 31.9 Å². The van der Waals surface area contributed by atoms with Crippen LogP contribution in [0.3, 0.4) is 0 Å². The summed E-state index contributed by atoms with van der Waals surface area (Å²) in [5.41, 5.74) is -1.84. The molecule has 0 aromatic heterocycles. The number of amides is 1. The smallest absolute Gasteiger partial charge is 0.326 e. The molecule has 0 saturated heterocycles. The van der Waals surface area contributed by atoms with Gasteiger partial charge in [0.2, 0.25) is 5.78 Å². The van der Waals surface area contributed by atoms with E-state index in [1.807, 2.05) is 0 Å². The number of phenolic OH excluding ortho intramolecular Hbond substituents is 3. The van der Waals surface area contributed by atoms with Gasteiger partial charge in [0.1, 0.15) is 28.3 Å². The van der Waals surface area contributed by atoms with Gasteiger partial charge < -0.3 is 25.7 Å². The van der Waals surface area contributed by atoms with Crippen LogP contribution < -0.4 is 5.32 Å². The lowest BCUT2D eigenvalue weighted by Gasteiger charge is -2.22. The molecule has 1 aliphatic carbocycles. The highest BCUT2D eigenvalue weighted by Gasteiger charge is 2.37. The molecule has 0 radical (unpaired) electrons. The number of carbonyl (C=O) groups excluding carboxylic acids is 3. The summed E-state index contributed by atoms with van der Waals surface area (Å²) in [6.07, 6.45) is 0.478. The largest absolute Gasteiger partial charge is 0.507 e. The number of fused-ring (bicyclic) bond motifs is 2. The summed E-state index contributed by atoms with van der Waals surface area (Å²) in [4.78, 5) is 49.9. The number of phenols is 3. The van der Waals surface area contributed by atoms with Crippen molar-refractivity contribution in [1.29, 1.82) is 0 Å². The van der Waals surface area contributed by atoms with Crippen LogP contribution in [0, 0.1) is 5.92 Å². The fourth-order valence-electron chi connectivity index (χ4n) is 3.39. The van der Waals surface area contributed by atoms with E-state index in [0.29, 0.717) is 6.42 Å². The Kier molecular flexibility index (Phi) is 5.64. The Morgan fingerprint density at radius 1 is 1.00 bits per heavy atom. The Bertz CT molecular complexity index is 1160. The number of carbonyl (C=O) groups is 4. The first-order valence-electron chi connectivity index (χ1n) is 9.24. The summed E-state index contributed by atoms with van der Waals surface area (Å²) >= 11 is 5.75. The Morgan fingerprint density at radius 3 is 2.19 bits per heavy atom. The number of nitrogens with one attached hydrogen (secondary N) is 1. The summed E-state index contributed by atoms with van der Waals surface area (Å²) in [5, 5.41) is 41.5. The Morgan fingerprint density at radius 2 is 1.61 bits per heavy atom. The highest BCUT2D eigenvalue weighted by molar-refractivity contribution is 6.37. The van der Waals surface area contributed by atoms with Crippen molar-refractivity contribution in [2.45, 2.75) is 26.3 Å². The lowest BCUT2D eigenvalue weighted by molar-refractivity contribution is -0.140. The summed E-state index contributed by atoms with van der Waals surface area (Å²) < 4.78 is 0. The lowest BCUT2D eigenvalue weighted by atomic mass is 9.82. The zero-order chi connectivity index (χ0) is 23.2. The highest BCUT2D eigenvalue weighted by atomic mass is 35.5. The zero-order valence-electron chi connectivity index (χ0n) is 16.4. The molecule has 1 aliphatic rings. The minimum Gasteiger partial charge on any atom is -0.507 e. The molecule has 31 heavy (non-hydrogen) atoms. The second-order valence-electron chi connectivity index (χ2n) is 7.23. The molecule has 0 spiro atoms. The first-order chi connectivity index (χ1) is 14.5. The van der Waals surface area contributed by atoms with Crippen molar-refractivity contribution in [3.8, 4) is 17.2 Å². The van der Waals surface area contributed by atoms with Crippen LogP contribution >= 0.6 is 11.6 Å². The number of aromatic hydroxyl groups is 3. The predicted octanol–water partition coefficient (Wildman–Crippen LogP) is 2.46. The Hall–Kier alpha value is -3.59. The lowest BCUT2D eigenvalue weighted by Crippen LogP contribution is -2.45. The summed E-state index contributed by atoms with van der Waals surface area (Å²) in [5.74, 6) is -6.39. The maximum atomic E-state index is 12.9. The quantitative estimate of drug-likeness (QED) is 0.398. The van der Waals surface area contributed by atoms with E-state index in [4.69, 9.17) is 11.6 Å². The van der Waals surface area contributed by atoms with Crippen LogP contribution in [-0.2, 0) is 4.79 Å². The van der Waals surface area contributed by atoms with Gasteiger partial charge in [-0.2, -0.15) is 0 Å². The minimum atomic E-state index is -1.24. The van der Waals surface area contributed by atoms with Gasteiger partial charge in [0, 0.05) is 16.7 Å². The highest BCUT2D eigenvalue weighted by Crippen LogP contribution is 2.43. The number of aliphatic carboxylic acids is 1. The monoisotopic (exact) mass is 447 g/mol. The molecule has 0 aliphatic heterocycles. The van der Waals surface area contributed by atoms with E-state index in [-0.39, 0.29) is 16.7 Å². The second kappa shape index (κ2) is 7.92. The van der Waals surface area contributed by atoms with Gasteiger partial charge in [-0.05, 0) is 24.1 Å². The first-order valence-corrected chi connectivity index (χ1v) is 9.61. The van der Waals surface area contributed by atoms with Gasteiger partial charge in [-0.3, -0.25) is 14.4 Å². The molecule has 10 heteroatoms. The molecule has 0 saturated carbocycles. The van der Waals surface area contributed by atoms with Gasteiger partial charge in [-0.15, -0.1) is 0 Å². The summed E-state index contributed by atoms with van der Waals surface area (Å²) in [6, 6.07) is 1.68. The van der Waals surface area contributed by atoms with E-state index in [2.05, 4.69) is 5.32 Å². The van der Waals surface area contributed by atoms with Crippen LogP contribution in [0.25, 0.3) is 0 Å². The minimum absolute atomic E-state index is 0.238. The first kappa shape index (κ1) is 22.1. The molecule has 0 unspecified atom stereocenters. The Labute approximate surface area is 180 Å². The van der Waals surface area contributed by atoms with Crippen molar-refractivity contribution < 1.29 is 39.6 Å². The standard InChI is InChI=1S/C21H18ClNO8/c1-3-7(2)16(21(30)31)23-20(29)8-4-9-13(11(24)5-8)18(27)14-10(17(9)26)6-12(25)15(22)19(14)28/h4-7,16,24-25,28H,3H2,1-2H3,(H,23,29)(H,30,31)/t7-,16-/m0/s1. The van der Waals surface area contributed by atoms with Crippen molar-refractivity contribution >= 4 is 35.0 Å². The molecule has 1 amide bonds. The third kappa shape index (κ3) is 3.57. The third-order valence-electron chi connectivity index (χ3n) is 5.31. The molecular formula is C21H18ClNO8. The third-order valence-corrected chi connectivity index (χ3v) is 5.68. The molecule has 3 rings (SSSR count). The molecule has 2 atom stereocenters. The van der Waals surface area contributed by atoms with E-state index >= 15 is 0 Å². The van der Waals surface area contributed by atoms with Crippen LogP contribution in [0.15, 0.2) is 18.2 Å². The number of rotatable bonds is 5. The number of carboxylic acid groups (broad SMARTS) is 1. The van der Waals surface area contributed by atoms with Gasteiger partial charge in [-0.25, -0.2) is 4.79 Å². The normalized spacial score (nSPS) is 14.4. The van der Waals surface area contributed by atoms with Gasteiger partial charge in [0.05, 0.1) is 11.1 Å². The number of carboxylic acids is 1. The molecule has 2 aromatic rings. The van der Waals surface area contributed by atoms with Gasteiger partial charge >= 0.3 is 5.97 Å². The van der Waals surface area contributed by atoms with Crippen molar-refractivity contribution in [3.63, 3.8) is 0 Å². The summed E-state index contributed by atoms with van der Waals surface area (Å²) in [7, 11) is 0. The van der Waals surface area contributed by atoms with Gasteiger partial charge in [0.25, 0.3) is 5.91 Å². The van der Waals surface area contributed by atoms with Crippen molar-refractivity contribution in [2.75, 3.05) is 0 Å². The molecule has 0 bridgehead atoms. The van der Waals surface area contributed by atoms with E-state index in [1.54, 1.807) is 13.8 Å². The Balaban J connectivity index is 2.09. The molecule has 0 heterocycles. The van der Waals surface area contributed by atoms with Crippen LogP contribution in [0.1, 0.15) is 62.5 Å². The van der Waals surface area contributed by atoms with Gasteiger partial charge in [0.15, 0.2) is 5.78 Å². The van der Waals surface area contributed by atoms with Crippen LogP contribution in [0.4, 0.5) is 0 Å².